The molecule has 4 aromatic rings. The van der Waals surface area contributed by atoms with E-state index in [1.165, 1.54) is 18.2 Å². The minimum absolute atomic E-state index is 0.0753. The number of halogens is 1. The van der Waals surface area contributed by atoms with Crippen molar-refractivity contribution in [1.29, 1.82) is 0 Å². The van der Waals surface area contributed by atoms with Crippen LogP contribution in [0.25, 0.3) is 10.8 Å². The standard InChI is InChI=1S/C31H33FN4O5/c1-4-40-27-16-20(9-12-26(27)41-18(2)3)29(35-21-10-11-22-19(15-21)13-14-34-30(22)33)31(39)36-25(17-28(37)38)23-7-5-6-8-24(23)32/h5-16,18,25,29,35H,4,17H2,1-3H3,(H2,33,34)(H,36,39)(H,37,38)/t25-,29?/m1/s1. The van der Waals surface area contributed by atoms with Crippen molar-refractivity contribution in [1.82, 2.24) is 10.3 Å². The van der Waals surface area contributed by atoms with Gasteiger partial charge in [0.15, 0.2) is 11.5 Å². The molecule has 0 spiro atoms. The molecule has 0 saturated carbocycles. The van der Waals surface area contributed by atoms with Gasteiger partial charge >= 0.3 is 5.97 Å². The molecule has 0 fully saturated rings. The fourth-order valence-electron chi connectivity index (χ4n) is 4.51. The van der Waals surface area contributed by atoms with Gasteiger partial charge in [-0.05, 0) is 74.2 Å². The molecule has 3 aromatic carbocycles. The maximum Gasteiger partial charge on any atom is 0.305 e. The topological polar surface area (TPSA) is 136 Å². The van der Waals surface area contributed by atoms with Crippen LogP contribution in [0, 0.1) is 5.82 Å². The third-order valence-electron chi connectivity index (χ3n) is 6.31. The third kappa shape index (κ3) is 7.21. The first kappa shape index (κ1) is 29.1. The molecule has 0 bridgehead atoms. The minimum Gasteiger partial charge on any atom is -0.490 e. The van der Waals surface area contributed by atoms with Crippen LogP contribution in [-0.4, -0.2) is 34.7 Å². The predicted molar refractivity (Wildman–Crippen MR) is 155 cm³/mol. The Morgan fingerprint density at radius 2 is 1.83 bits per heavy atom. The van der Waals surface area contributed by atoms with Crippen LogP contribution >= 0.6 is 0 Å². The Morgan fingerprint density at radius 1 is 1.05 bits per heavy atom. The van der Waals surface area contributed by atoms with Crippen LogP contribution in [0.3, 0.4) is 0 Å². The van der Waals surface area contributed by atoms with Gasteiger partial charge in [-0.3, -0.25) is 9.59 Å². The average Bonchev–Trinajstić information content (AvgIpc) is 2.92. The molecule has 214 valence electrons. The number of aliphatic carboxylic acids is 1. The van der Waals surface area contributed by atoms with Crippen LogP contribution in [0.2, 0.25) is 0 Å². The largest absolute Gasteiger partial charge is 0.490 e. The molecule has 0 radical (unpaired) electrons. The summed E-state index contributed by atoms with van der Waals surface area (Å²) >= 11 is 0. The zero-order valence-electron chi connectivity index (χ0n) is 23.1. The first-order valence-corrected chi connectivity index (χ1v) is 13.3. The smallest absolute Gasteiger partial charge is 0.305 e. The van der Waals surface area contributed by atoms with Gasteiger partial charge in [0, 0.05) is 22.8 Å². The molecule has 0 aliphatic heterocycles. The van der Waals surface area contributed by atoms with Crippen LogP contribution in [0.5, 0.6) is 11.5 Å². The molecule has 1 amide bonds. The van der Waals surface area contributed by atoms with Gasteiger partial charge in [-0.15, -0.1) is 0 Å². The molecule has 10 heteroatoms. The summed E-state index contributed by atoms with van der Waals surface area (Å²) in [6.45, 7) is 6.01. The summed E-state index contributed by atoms with van der Waals surface area (Å²) in [5.41, 5.74) is 7.21. The van der Waals surface area contributed by atoms with Crippen molar-refractivity contribution < 1.29 is 28.6 Å². The SMILES string of the molecule is CCOc1cc(C(Nc2ccc3c(N)nccc3c2)C(=O)N[C@H](CC(=O)O)c2ccccc2F)ccc1OC(C)C. The van der Waals surface area contributed by atoms with Gasteiger partial charge in [-0.25, -0.2) is 9.37 Å². The normalized spacial score (nSPS) is 12.5. The Kier molecular flexibility index (Phi) is 9.23. The van der Waals surface area contributed by atoms with Crippen LogP contribution in [0.1, 0.15) is 50.4 Å². The molecular formula is C31H33FN4O5. The number of hydrogen-bond acceptors (Lipinski definition) is 7. The van der Waals surface area contributed by atoms with Crippen LogP contribution < -0.4 is 25.8 Å². The highest BCUT2D eigenvalue weighted by Gasteiger charge is 2.28. The highest BCUT2D eigenvalue weighted by molar-refractivity contribution is 5.94. The number of fused-ring (bicyclic) bond motifs is 1. The van der Waals surface area contributed by atoms with Gasteiger partial charge in [0.25, 0.3) is 0 Å². The van der Waals surface area contributed by atoms with Gasteiger partial charge < -0.3 is 30.9 Å². The number of anilines is 2. The number of nitrogens with two attached hydrogens (primary N) is 1. The van der Waals surface area contributed by atoms with E-state index < -0.39 is 36.2 Å². The number of carbonyl (C=O) groups is 2. The second-order valence-electron chi connectivity index (χ2n) is 9.70. The molecule has 4 rings (SSSR count). The molecule has 41 heavy (non-hydrogen) atoms. The summed E-state index contributed by atoms with van der Waals surface area (Å²) in [5.74, 6) is -1.00. The molecule has 5 N–H and O–H groups in total. The van der Waals surface area contributed by atoms with Crippen LogP contribution in [0.15, 0.2) is 72.9 Å². The molecule has 0 saturated heterocycles. The number of benzene rings is 3. The van der Waals surface area contributed by atoms with Crippen molar-refractivity contribution in [2.75, 3.05) is 17.7 Å². The number of hydrogen-bond donors (Lipinski definition) is 4. The second kappa shape index (κ2) is 13.0. The Morgan fingerprint density at radius 3 is 2.54 bits per heavy atom. The van der Waals surface area contributed by atoms with E-state index in [0.717, 1.165) is 10.8 Å². The number of pyridine rings is 1. The number of rotatable bonds is 12. The number of nitrogen functional groups attached to an aromatic ring is 1. The molecule has 1 aromatic heterocycles. The number of nitrogens with one attached hydrogen (secondary N) is 2. The van der Waals surface area contributed by atoms with E-state index in [9.17, 15) is 19.1 Å². The molecular weight excluding hydrogens is 527 g/mol. The molecule has 1 unspecified atom stereocenters. The number of carboxylic acids is 1. The monoisotopic (exact) mass is 560 g/mol. The molecule has 9 nitrogen and oxygen atoms in total. The fraction of sp³-hybridized carbons (Fsp3) is 0.258. The number of amides is 1. The van der Waals surface area contributed by atoms with E-state index in [4.69, 9.17) is 15.2 Å². The Bertz CT molecular complexity index is 1540. The van der Waals surface area contributed by atoms with E-state index in [0.29, 0.717) is 35.2 Å². The van der Waals surface area contributed by atoms with E-state index in [1.54, 1.807) is 48.7 Å². The highest BCUT2D eigenvalue weighted by atomic mass is 19.1. The van der Waals surface area contributed by atoms with Crippen molar-refractivity contribution in [3.8, 4) is 11.5 Å². The highest BCUT2D eigenvalue weighted by Crippen LogP contribution is 2.34. The van der Waals surface area contributed by atoms with Crippen molar-refractivity contribution in [2.24, 2.45) is 0 Å². The van der Waals surface area contributed by atoms with Crippen LogP contribution in [0.4, 0.5) is 15.9 Å². The maximum atomic E-state index is 14.7. The first-order chi connectivity index (χ1) is 19.7. The summed E-state index contributed by atoms with van der Waals surface area (Å²) in [5, 5.41) is 17.1. The average molecular weight is 561 g/mol. The van der Waals surface area contributed by atoms with Gasteiger partial charge in [-0.1, -0.05) is 24.3 Å². The molecule has 0 aliphatic rings. The fourth-order valence-corrected chi connectivity index (χ4v) is 4.51. The van der Waals surface area contributed by atoms with E-state index >= 15 is 0 Å². The van der Waals surface area contributed by atoms with Gasteiger partial charge in [0.05, 0.1) is 25.2 Å². The quantitative estimate of drug-likeness (QED) is 0.175. The number of aromatic nitrogens is 1. The van der Waals surface area contributed by atoms with Crippen molar-refractivity contribution in [3.05, 3.63) is 89.9 Å². The number of carbonyl (C=O) groups excluding carboxylic acids is 1. The molecule has 2 atom stereocenters. The first-order valence-electron chi connectivity index (χ1n) is 13.3. The second-order valence-corrected chi connectivity index (χ2v) is 9.70. The number of ether oxygens (including phenoxy) is 2. The number of carboxylic acid groups (broad SMARTS) is 1. The lowest BCUT2D eigenvalue weighted by Gasteiger charge is -2.25. The lowest BCUT2D eigenvalue weighted by molar-refractivity contribution is -0.137. The van der Waals surface area contributed by atoms with Crippen molar-refractivity contribution in [2.45, 2.75) is 45.4 Å². The third-order valence-corrected chi connectivity index (χ3v) is 6.31. The van der Waals surface area contributed by atoms with E-state index in [2.05, 4.69) is 15.6 Å². The zero-order valence-corrected chi connectivity index (χ0v) is 23.1. The van der Waals surface area contributed by atoms with Gasteiger partial charge in [0.1, 0.15) is 17.7 Å². The lowest BCUT2D eigenvalue weighted by atomic mass is 10.00. The van der Waals surface area contributed by atoms with Gasteiger partial charge in [-0.2, -0.15) is 0 Å². The molecule has 0 aliphatic carbocycles. The Labute approximate surface area is 237 Å². The van der Waals surface area contributed by atoms with Crippen LogP contribution in [-0.2, 0) is 9.59 Å². The van der Waals surface area contributed by atoms with E-state index in [-0.39, 0.29) is 11.7 Å². The molecule has 1 heterocycles. The Hall–Kier alpha value is -4.86. The van der Waals surface area contributed by atoms with Crippen molar-refractivity contribution in [3.63, 3.8) is 0 Å². The van der Waals surface area contributed by atoms with E-state index in [1.807, 2.05) is 26.8 Å². The summed E-state index contributed by atoms with van der Waals surface area (Å²) in [6.07, 6.45) is 0.986. The summed E-state index contributed by atoms with van der Waals surface area (Å²) < 4.78 is 26.4. The number of nitrogens with zero attached hydrogens (tertiary/aromatic N) is 1. The van der Waals surface area contributed by atoms with Crippen molar-refractivity contribution >= 4 is 34.2 Å². The summed E-state index contributed by atoms with van der Waals surface area (Å²) in [7, 11) is 0. The zero-order chi connectivity index (χ0) is 29.5. The minimum atomic E-state index is -1.18. The summed E-state index contributed by atoms with van der Waals surface area (Å²) in [4.78, 5) is 29.7. The predicted octanol–water partition coefficient (Wildman–Crippen LogP) is 5.63. The lowest BCUT2D eigenvalue weighted by Crippen LogP contribution is -2.37. The Balaban J connectivity index is 1.75. The maximum absolute atomic E-state index is 14.7. The van der Waals surface area contributed by atoms with Gasteiger partial charge in [0.2, 0.25) is 5.91 Å². The summed E-state index contributed by atoms with van der Waals surface area (Å²) in [6, 6.07) is 16.0.